The van der Waals surface area contributed by atoms with Gasteiger partial charge in [-0.15, -0.1) is 10.1 Å². The predicted molar refractivity (Wildman–Crippen MR) is 43.7 cm³/mol. The molecule has 66 valence electrons. The third-order valence-electron chi connectivity index (χ3n) is 1.59. The van der Waals surface area contributed by atoms with Gasteiger partial charge in [-0.1, -0.05) is 12.1 Å². The molecule has 0 unspecified atom stereocenters. The maximum atomic E-state index is 10.0. The number of H-pyrrole nitrogens is 1. The molecule has 1 aromatic carbocycles. The summed E-state index contributed by atoms with van der Waals surface area (Å²) < 4.78 is 0. The number of hydrogen-bond donors (Lipinski definition) is 1. The molecule has 6 nitrogen and oxygen atoms in total. The van der Waals surface area contributed by atoms with E-state index in [1.807, 2.05) is 0 Å². The van der Waals surface area contributed by atoms with Crippen LogP contribution < -0.4 is 4.84 Å². The number of nitrogens with zero attached hydrogens (tertiary/aromatic N) is 2. The summed E-state index contributed by atoms with van der Waals surface area (Å²) in [5.74, 6) is 0.0561. The maximum Gasteiger partial charge on any atom is 0.301 e. The van der Waals surface area contributed by atoms with E-state index in [2.05, 4.69) is 15.0 Å². The lowest BCUT2D eigenvalue weighted by molar-refractivity contribution is -0.711. The Labute approximate surface area is 72.2 Å². The standard InChI is InChI=1S/C7H5N3O3/c11-10(12)13-7-5-3-1-2-4-6(5)8-9-7/h1-4H,(H,8,9). The molecule has 1 N–H and O–H groups in total. The Hall–Kier alpha value is -2.11. The van der Waals surface area contributed by atoms with Crippen LogP contribution in [-0.2, 0) is 0 Å². The summed E-state index contributed by atoms with van der Waals surface area (Å²) in [6.45, 7) is 0. The van der Waals surface area contributed by atoms with E-state index in [1.54, 1.807) is 24.3 Å². The molecule has 13 heavy (non-hydrogen) atoms. The van der Waals surface area contributed by atoms with Crippen molar-refractivity contribution in [2.45, 2.75) is 0 Å². The van der Waals surface area contributed by atoms with Gasteiger partial charge in [0.1, 0.15) is 0 Å². The topological polar surface area (TPSA) is 81.0 Å². The van der Waals surface area contributed by atoms with Gasteiger partial charge in [-0.3, -0.25) is 9.94 Å². The van der Waals surface area contributed by atoms with Crippen LogP contribution in [-0.4, -0.2) is 15.3 Å². The van der Waals surface area contributed by atoms with Crippen LogP contribution in [0.1, 0.15) is 0 Å². The Bertz CT molecular complexity index is 451. The molecule has 0 radical (unpaired) electrons. The van der Waals surface area contributed by atoms with Crippen LogP contribution in [0.3, 0.4) is 0 Å². The van der Waals surface area contributed by atoms with Crippen molar-refractivity contribution in [2.24, 2.45) is 0 Å². The van der Waals surface area contributed by atoms with Gasteiger partial charge in [0.05, 0.1) is 10.9 Å². The second-order valence-corrected chi connectivity index (χ2v) is 2.38. The maximum absolute atomic E-state index is 10.0. The van der Waals surface area contributed by atoms with Crippen LogP contribution in [0, 0.1) is 10.1 Å². The van der Waals surface area contributed by atoms with Crippen molar-refractivity contribution in [1.82, 2.24) is 10.2 Å². The first kappa shape index (κ1) is 7.53. The molecule has 0 aliphatic carbocycles. The van der Waals surface area contributed by atoms with Crippen molar-refractivity contribution in [3.63, 3.8) is 0 Å². The molecule has 6 heteroatoms. The van der Waals surface area contributed by atoms with Crippen molar-refractivity contribution in [1.29, 1.82) is 0 Å². The van der Waals surface area contributed by atoms with E-state index in [9.17, 15) is 10.1 Å². The van der Waals surface area contributed by atoms with Gasteiger partial charge < -0.3 is 0 Å². The second-order valence-electron chi connectivity index (χ2n) is 2.38. The summed E-state index contributed by atoms with van der Waals surface area (Å²) in [5.41, 5.74) is 0.638. The monoisotopic (exact) mass is 179 g/mol. The van der Waals surface area contributed by atoms with Crippen molar-refractivity contribution in [2.75, 3.05) is 0 Å². The van der Waals surface area contributed by atoms with Gasteiger partial charge in [-0.05, 0) is 12.1 Å². The minimum Gasteiger partial charge on any atom is -0.257 e. The number of fused-ring (bicyclic) bond motifs is 1. The Morgan fingerprint density at radius 3 is 3.00 bits per heavy atom. The number of benzene rings is 1. The van der Waals surface area contributed by atoms with Crippen LogP contribution in [0.4, 0.5) is 0 Å². The summed E-state index contributed by atoms with van der Waals surface area (Å²) in [6, 6.07) is 6.97. The Morgan fingerprint density at radius 1 is 1.46 bits per heavy atom. The number of rotatable bonds is 2. The predicted octanol–water partition coefficient (Wildman–Crippen LogP) is 1.13. The van der Waals surface area contributed by atoms with Gasteiger partial charge in [-0.2, -0.15) is 5.10 Å². The number of hydrogen-bond acceptors (Lipinski definition) is 4. The van der Waals surface area contributed by atoms with Crippen molar-refractivity contribution in [3.05, 3.63) is 34.4 Å². The van der Waals surface area contributed by atoms with Gasteiger partial charge in [0.15, 0.2) is 0 Å². The Balaban J connectivity index is 2.51. The normalized spacial score (nSPS) is 10.2. The fourth-order valence-electron chi connectivity index (χ4n) is 1.08. The van der Waals surface area contributed by atoms with E-state index >= 15 is 0 Å². The number of para-hydroxylation sites is 1. The highest BCUT2D eigenvalue weighted by Crippen LogP contribution is 2.21. The molecule has 0 aliphatic rings. The summed E-state index contributed by atoms with van der Waals surface area (Å²) in [5, 5.41) is 16.0. The lowest BCUT2D eigenvalue weighted by Gasteiger charge is -1.92. The smallest absolute Gasteiger partial charge is 0.257 e. The molecule has 0 amide bonds. The SMILES string of the molecule is O=[N+]([O-])Oc1[nH]nc2ccccc12. The highest BCUT2D eigenvalue weighted by atomic mass is 17.0. The van der Waals surface area contributed by atoms with Crippen molar-refractivity contribution < 1.29 is 9.92 Å². The third kappa shape index (κ3) is 1.28. The van der Waals surface area contributed by atoms with Crippen molar-refractivity contribution >= 4 is 10.9 Å². The molecule has 0 fully saturated rings. The zero-order chi connectivity index (χ0) is 9.26. The second kappa shape index (κ2) is 2.74. The Morgan fingerprint density at radius 2 is 2.23 bits per heavy atom. The van der Waals surface area contributed by atoms with E-state index in [1.165, 1.54) is 0 Å². The summed E-state index contributed by atoms with van der Waals surface area (Å²) in [6.07, 6.45) is 0. The molecule has 1 aromatic heterocycles. The first-order chi connectivity index (χ1) is 6.27. The van der Waals surface area contributed by atoms with Crippen LogP contribution in [0.15, 0.2) is 24.3 Å². The molecule has 0 bridgehead atoms. The molecule has 2 rings (SSSR count). The fourth-order valence-corrected chi connectivity index (χ4v) is 1.08. The zero-order valence-corrected chi connectivity index (χ0v) is 6.43. The lowest BCUT2D eigenvalue weighted by atomic mass is 10.2. The molecule has 0 saturated heterocycles. The van der Waals surface area contributed by atoms with E-state index in [-0.39, 0.29) is 5.88 Å². The molecular weight excluding hydrogens is 174 g/mol. The molecule has 0 spiro atoms. The van der Waals surface area contributed by atoms with Crippen LogP contribution >= 0.6 is 0 Å². The highest BCUT2D eigenvalue weighted by Gasteiger charge is 2.07. The minimum atomic E-state index is -0.875. The first-order valence-electron chi connectivity index (χ1n) is 3.53. The Kier molecular flexibility index (Phi) is 1.59. The number of aromatic amines is 1. The molecule has 2 aromatic rings. The molecule has 0 atom stereocenters. The fraction of sp³-hybridized carbons (Fsp3) is 0. The summed E-state index contributed by atoms with van der Waals surface area (Å²) in [7, 11) is 0. The molecule has 1 heterocycles. The summed E-state index contributed by atoms with van der Waals surface area (Å²) in [4.78, 5) is 14.3. The molecule has 0 aliphatic heterocycles. The largest absolute Gasteiger partial charge is 0.301 e. The van der Waals surface area contributed by atoms with Gasteiger partial charge in [0.25, 0.3) is 0 Å². The molecule has 0 saturated carbocycles. The summed E-state index contributed by atoms with van der Waals surface area (Å²) >= 11 is 0. The first-order valence-corrected chi connectivity index (χ1v) is 3.53. The van der Waals surface area contributed by atoms with Gasteiger partial charge >= 0.3 is 5.09 Å². The van der Waals surface area contributed by atoms with Gasteiger partial charge in [0.2, 0.25) is 5.88 Å². The van der Waals surface area contributed by atoms with E-state index in [0.29, 0.717) is 10.9 Å². The lowest BCUT2D eigenvalue weighted by Crippen LogP contribution is -2.03. The average molecular weight is 179 g/mol. The minimum absolute atomic E-state index is 0.0561. The van der Waals surface area contributed by atoms with Crippen LogP contribution in [0.5, 0.6) is 5.88 Å². The van der Waals surface area contributed by atoms with E-state index in [4.69, 9.17) is 0 Å². The third-order valence-corrected chi connectivity index (χ3v) is 1.59. The highest BCUT2D eigenvalue weighted by molar-refractivity contribution is 5.83. The average Bonchev–Trinajstić information content (AvgIpc) is 2.48. The quantitative estimate of drug-likeness (QED) is 0.553. The van der Waals surface area contributed by atoms with Crippen LogP contribution in [0.2, 0.25) is 0 Å². The van der Waals surface area contributed by atoms with Crippen molar-refractivity contribution in [3.8, 4) is 5.88 Å². The van der Waals surface area contributed by atoms with E-state index < -0.39 is 5.09 Å². The molecular formula is C7H5N3O3. The van der Waals surface area contributed by atoms with Gasteiger partial charge in [0, 0.05) is 0 Å². The van der Waals surface area contributed by atoms with Crippen LogP contribution in [0.25, 0.3) is 10.9 Å². The van der Waals surface area contributed by atoms with E-state index in [0.717, 1.165) is 0 Å². The zero-order valence-electron chi connectivity index (χ0n) is 6.43. The number of aromatic nitrogens is 2. The number of nitrogens with one attached hydrogen (secondary N) is 1. The van der Waals surface area contributed by atoms with Gasteiger partial charge in [-0.25, -0.2) is 0 Å².